The van der Waals surface area contributed by atoms with Crippen molar-refractivity contribution in [1.82, 2.24) is 5.32 Å². The molecule has 2 heterocycles. The molecule has 0 radical (unpaired) electrons. The van der Waals surface area contributed by atoms with E-state index in [1.807, 2.05) is 0 Å². The number of rotatable bonds is 3. The first-order valence-corrected chi connectivity index (χ1v) is 9.43. The summed E-state index contributed by atoms with van der Waals surface area (Å²) < 4.78 is 10.2. The van der Waals surface area contributed by atoms with E-state index >= 15 is 0 Å². The second-order valence-electron chi connectivity index (χ2n) is 6.92. The molecule has 1 aliphatic rings. The van der Waals surface area contributed by atoms with Crippen molar-refractivity contribution >= 4 is 46.2 Å². The minimum atomic E-state index is -1.31. The molecular weight excluding hydrogens is 408 g/mol. The van der Waals surface area contributed by atoms with E-state index in [-0.39, 0.29) is 11.5 Å². The molecule has 4 rings (SSSR count). The van der Waals surface area contributed by atoms with Crippen LogP contribution < -0.4 is 16.3 Å². The normalized spacial score (nSPS) is 18.0. The molecule has 0 saturated heterocycles. The summed E-state index contributed by atoms with van der Waals surface area (Å²) in [6, 6.07) is 11.8. The Hall–Kier alpha value is -3.58. The number of anilines is 1. The molecule has 30 heavy (non-hydrogen) atoms. The van der Waals surface area contributed by atoms with Gasteiger partial charge in [-0.2, -0.15) is 0 Å². The predicted molar refractivity (Wildman–Crippen MR) is 113 cm³/mol. The highest BCUT2D eigenvalue weighted by atomic mass is 35.5. The van der Waals surface area contributed by atoms with Crippen molar-refractivity contribution in [3.8, 4) is 0 Å². The number of halogens is 1. The van der Waals surface area contributed by atoms with Crippen LogP contribution in [0.2, 0.25) is 5.02 Å². The molecule has 0 fully saturated rings. The van der Waals surface area contributed by atoms with Gasteiger partial charge >= 0.3 is 11.6 Å². The van der Waals surface area contributed by atoms with Crippen molar-refractivity contribution < 1.29 is 18.7 Å². The number of methoxy groups -OCH3 is 1. The zero-order valence-electron chi connectivity index (χ0n) is 16.1. The van der Waals surface area contributed by atoms with Crippen molar-refractivity contribution in [2.45, 2.75) is 12.6 Å². The van der Waals surface area contributed by atoms with Gasteiger partial charge in [0.25, 0.3) is 5.91 Å². The van der Waals surface area contributed by atoms with E-state index in [0.29, 0.717) is 32.8 Å². The average molecular weight is 425 g/mol. The zero-order valence-corrected chi connectivity index (χ0v) is 16.9. The minimum Gasteiger partial charge on any atom is -0.466 e. The minimum absolute atomic E-state index is 0.125. The van der Waals surface area contributed by atoms with E-state index in [0.717, 1.165) is 0 Å². The topological polar surface area (TPSA) is 97.6 Å². The summed E-state index contributed by atoms with van der Waals surface area (Å²) in [7, 11) is 1.25. The smallest absolute Gasteiger partial charge is 0.344 e. The number of hydrogen-bond acceptors (Lipinski definition) is 6. The maximum Gasteiger partial charge on any atom is 0.344 e. The highest BCUT2D eigenvalue weighted by Gasteiger charge is 2.39. The summed E-state index contributed by atoms with van der Waals surface area (Å²) in [6.07, 6.45) is 2.65. The molecule has 8 heteroatoms. The third kappa shape index (κ3) is 3.33. The van der Waals surface area contributed by atoms with Crippen LogP contribution in [0.3, 0.4) is 0 Å². The van der Waals surface area contributed by atoms with Gasteiger partial charge in [-0.1, -0.05) is 23.7 Å². The quantitative estimate of drug-likeness (QED) is 0.378. The molecule has 1 atom stereocenters. The Balaban J connectivity index is 1.99. The number of carbonyl (C=O) groups is 2. The lowest BCUT2D eigenvalue weighted by atomic mass is 9.91. The van der Waals surface area contributed by atoms with Gasteiger partial charge < -0.3 is 19.8 Å². The number of para-hydroxylation sites is 1. The molecule has 152 valence electrons. The van der Waals surface area contributed by atoms with Gasteiger partial charge in [0.2, 0.25) is 0 Å². The van der Waals surface area contributed by atoms with Crippen LogP contribution in [-0.4, -0.2) is 19.0 Å². The summed E-state index contributed by atoms with van der Waals surface area (Å²) in [5.41, 5.74) is -0.151. The second kappa shape index (κ2) is 7.35. The standard InChI is InChI=1S/C22H17ClN2O5/c1-22(24-16-6-4-3-5-14(16)20(27)25-22)19-13(8-10-18(26)29-2)15-11-12(23)7-9-17(15)30-21(19)28/h3-11,24H,1-2H3,(H,25,27)/b10-8+. The zero-order chi connectivity index (χ0) is 21.5. The molecule has 1 aromatic heterocycles. The molecule has 1 unspecified atom stereocenters. The Morgan fingerprint density at radius 1 is 1.17 bits per heavy atom. The number of ether oxygens (including phenoxy) is 1. The van der Waals surface area contributed by atoms with Gasteiger partial charge in [0, 0.05) is 27.7 Å². The van der Waals surface area contributed by atoms with E-state index in [1.165, 1.54) is 19.3 Å². The highest BCUT2D eigenvalue weighted by molar-refractivity contribution is 6.31. The number of esters is 1. The number of benzene rings is 2. The molecule has 0 saturated carbocycles. The SMILES string of the molecule is COC(=O)/C=C/c1c(C2(C)NC(=O)c3ccccc3N2)c(=O)oc2ccc(Cl)cc12. The van der Waals surface area contributed by atoms with E-state index in [4.69, 9.17) is 16.0 Å². The van der Waals surface area contributed by atoms with Gasteiger partial charge in [0.05, 0.1) is 18.2 Å². The lowest BCUT2D eigenvalue weighted by molar-refractivity contribution is -0.134. The largest absolute Gasteiger partial charge is 0.466 e. The molecule has 0 spiro atoms. The van der Waals surface area contributed by atoms with Crippen LogP contribution in [0.5, 0.6) is 0 Å². The number of carbonyl (C=O) groups excluding carboxylic acids is 2. The number of hydrogen-bond donors (Lipinski definition) is 2. The van der Waals surface area contributed by atoms with Crippen molar-refractivity contribution in [1.29, 1.82) is 0 Å². The van der Waals surface area contributed by atoms with Crippen LogP contribution in [0.1, 0.15) is 28.4 Å². The fourth-order valence-corrected chi connectivity index (χ4v) is 3.75. The van der Waals surface area contributed by atoms with Gasteiger partial charge in [0.15, 0.2) is 0 Å². The maximum absolute atomic E-state index is 13.0. The van der Waals surface area contributed by atoms with E-state index < -0.39 is 17.3 Å². The summed E-state index contributed by atoms with van der Waals surface area (Å²) in [6.45, 7) is 1.65. The van der Waals surface area contributed by atoms with Gasteiger partial charge in [-0.05, 0) is 43.3 Å². The second-order valence-corrected chi connectivity index (χ2v) is 7.36. The van der Waals surface area contributed by atoms with Crippen LogP contribution in [0.4, 0.5) is 5.69 Å². The third-order valence-corrected chi connectivity index (χ3v) is 5.15. The number of nitrogens with one attached hydrogen (secondary N) is 2. The van der Waals surface area contributed by atoms with E-state index in [9.17, 15) is 14.4 Å². The Bertz CT molecular complexity index is 1280. The van der Waals surface area contributed by atoms with Crippen molar-refractivity contribution in [2.24, 2.45) is 0 Å². The molecule has 1 amide bonds. The van der Waals surface area contributed by atoms with Crippen molar-refractivity contribution in [3.05, 3.63) is 80.7 Å². The molecule has 7 nitrogen and oxygen atoms in total. The first-order valence-electron chi connectivity index (χ1n) is 9.05. The Morgan fingerprint density at radius 3 is 2.70 bits per heavy atom. The lowest BCUT2D eigenvalue weighted by Crippen LogP contribution is -2.55. The fraction of sp³-hybridized carbons (Fsp3) is 0.136. The summed E-state index contributed by atoms with van der Waals surface area (Å²) in [5, 5.41) is 6.97. The van der Waals surface area contributed by atoms with E-state index in [2.05, 4.69) is 15.4 Å². The summed E-state index contributed by atoms with van der Waals surface area (Å²) in [5.74, 6) is -0.944. The van der Waals surface area contributed by atoms with Crippen LogP contribution >= 0.6 is 11.6 Å². The molecule has 1 aliphatic heterocycles. The average Bonchev–Trinajstić information content (AvgIpc) is 2.71. The Kier molecular flexibility index (Phi) is 4.83. The maximum atomic E-state index is 13.0. The third-order valence-electron chi connectivity index (χ3n) is 4.92. The van der Waals surface area contributed by atoms with E-state index in [1.54, 1.807) is 49.4 Å². The lowest BCUT2D eigenvalue weighted by Gasteiger charge is -2.37. The molecule has 0 bridgehead atoms. The summed E-state index contributed by atoms with van der Waals surface area (Å²) >= 11 is 6.16. The Morgan fingerprint density at radius 2 is 1.93 bits per heavy atom. The first-order chi connectivity index (χ1) is 14.3. The Labute approximate surface area is 176 Å². The van der Waals surface area contributed by atoms with Crippen molar-refractivity contribution in [2.75, 3.05) is 12.4 Å². The van der Waals surface area contributed by atoms with Gasteiger partial charge in [-0.15, -0.1) is 0 Å². The number of fused-ring (bicyclic) bond motifs is 2. The molecule has 2 aromatic carbocycles. The monoisotopic (exact) mass is 424 g/mol. The predicted octanol–water partition coefficient (Wildman–Crippen LogP) is 3.66. The highest BCUT2D eigenvalue weighted by Crippen LogP contribution is 2.34. The van der Waals surface area contributed by atoms with Crippen molar-refractivity contribution in [3.63, 3.8) is 0 Å². The van der Waals surface area contributed by atoms with Crippen LogP contribution in [0, 0.1) is 0 Å². The molecule has 2 N–H and O–H groups in total. The van der Waals surface area contributed by atoms with Gasteiger partial charge in [-0.3, -0.25) is 4.79 Å². The number of amides is 1. The van der Waals surface area contributed by atoms with Crippen LogP contribution in [-0.2, 0) is 15.2 Å². The van der Waals surface area contributed by atoms with Gasteiger partial charge in [-0.25, -0.2) is 9.59 Å². The summed E-state index contributed by atoms with van der Waals surface area (Å²) in [4.78, 5) is 37.5. The van der Waals surface area contributed by atoms with Gasteiger partial charge in [0.1, 0.15) is 11.2 Å². The fourth-order valence-electron chi connectivity index (χ4n) is 3.57. The van der Waals surface area contributed by atoms with Crippen LogP contribution in [0.15, 0.2) is 57.8 Å². The molecule has 3 aromatic rings. The molecular formula is C22H17ClN2O5. The molecule has 0 aliphatic carbocycles. The first kappa shape index (κ1) is 19.7. The van der Waals surface area contributed by atoms with Crippen LogP contribution in [0.25, 0.3) is 17.0 Å².